The normalized spacial score (nSPS) is 18.1. The summed E-state index contributed by atoms with van der Waals surface area (Å²) in [6, 6.07) is 8.36. The first-order chi connectivity index (χ1) is 14.2. The van der Waals surface area contributed by atoms with Crippen LogP contribution in [0, 0.1) is 6.92 Å². The van der Waals surface area contributed by atoms with E-state index in [9.17, 15) is 0 Å². The Bertz CT molecular complexity index is 798. The highest BCUT2D eigenvalue weighted by Crippen LogP contribution is 2.22. The third kappa shape index (κ3) is 5.02. The molecule has 1 N–H and O–H groups in total. The molecular weight excluding hydrogens is 362 g/mol. The zero-order valence-corrected chi connectivity index (χ0v) is 17.6. The van der Waals surface area contributed by atoms with Crippen LogP contribution in [0.5, 0.6) is 0 Å². The molecule has 154 valence electrons. The fraction of sp³-hybridized carbons (Fsp3) is 0.545. The lowest BCUT2D eigenvalue weighted by molar-refractivity contribution is 0.556. The van der Waals surface area contributed by atoms with Crippen molar-refractivity contribution in [3.05, 3.63) is 35.4 Å². The minimum absolute atomic E-state index is 0.521. The summed E-state index contributed by atoms with van der Waals surface area (Å²) < 4.78 is 0. The maximum Gasteiger partial charge on any atom is 0.250 e. The van der Waals surface area contributed by atoms with Crippen LogP contribution in [-0.2, 0) is 0 Å². The van der Waals surface area contributed by atoms with Gasteiger partial charge in [0.15, 0.2) is 0 Å². The van der Waals surface area contributed by atoms with Crippen LogP contribution in [-0.4, -0.2) is 46.8 Å². The van der Waals surface area contributed by atoms with E-state index in [-0.39, 0.29) is 0 Å². The van der Waals surface area contributed by atoms with Gasteiger partial charge in [-0.1, -0.05) is 29.8 Å². The number of aromatic nitrogens is 3. The number of nitrogens with one attached hydrogen (secondary N) is 1. The highest BCUT2D eigenvalue weighted by atomic mass is 15.4. The summed E-state index contributed by atoms with van der Waals surface area (Å²) in [4.78, 5) is 18.8. The Labute approximate surface area is 173 Å². The lowest BCUT2D eigenvalue weighted by Crippen LogP contribution is -2.34. The van der Waals surface area contributed by atoms with Gasteiger partial charge in [0.05, 0.1) is 5.71 Å². The Morgan fingerprint density at radius 3 is 1.83 bits per heavy atom. The number of benzene rings is 1. The molecule has 2 aromatic rings. The van der Waals surface area contributed by atoms with E-state index < -0.39 is 0 Å². The zero-order chi connectivity index (χ0) is 20.1. The van der Waals surface area contributed by atoms with Crippen LogP contribution in [0.25, 0.3) is 0 Å². The van der Waals surface area contributed by atoms with Gasteiger partial charge in [-0.15, -0.1) is 0 Å². The first kappa shape index (κ1) is 19.6. The van der Waals surface area contributed by atoms with Crippen molar-refractivity contribution in [1.29, 1.82) is 0 Å². The molecule has 4 rings (SSSR count). The van der Waals surface area contributed by atoms with Crippen molar-refractivity contribution in [1.82, 2.24) is 15.0 Å². The molecule has 2 fully saturated rings. The second-order valence-electron chi connectivity index (χ2n) is 8.03. The molecule has 7 nitrogen and oxygen atoms in total. The van der Waals surface area contributed by atoms with Crippen LogP contribution in [0.1, 0.15) is 56.6 Å². The third-order valence-electron chi connectivity index (χ3n) is 5.68. The standard InChI is InChI=1S/C22H31N7/c1-17-9-11-19(12-10-17)18(2)26-27-20-23-21(28-13-5-3-6-14-28)25-22(24-20)29-15-7-4-8-16-29/h9-12H,3-8,13-16H2,1-2H3,(H,23,24,25,27). The number of hydrogen-bond acceptors (Lipinski definition) is 7. The van der Waals surface area contributed by atoms with Crippen LogP contribution in [0.15, 0.2) is 29.4 Å². The lowest BCUT2D eigenvalue weighted by atomic mass is 10.1. The van der Waals surface area contributed by atoms with E-state index >= 15 is 0 Å². The third-order valence-corrected chi connectivity index (χ3v) is 5.68. The van der Waals surface area contributed by atoms with Crippen LogP contribution in [0.2, 0.25) is 0 Å². The fourth-order valence-electron chi connectivity index (χ4n) is 3.87. The van der Waals surface area contributed by atoms with Gasteiger partial charge in [0.1, 0.15) is 0 Å². The van der Waals surface area contributed by atoms with Gasteiger partial charge in [-0.05, 0) is 57.9 Å². The Hall–Kier alpha value is -2.70. The SMILES string of the molecule is CC(=NNc1nc(N2CCCCC2)nc(N2CCCCC2)n1)c1ccc(C)cc1. The van der Waals surface area contributed by atoms with Gasteiger partial charge in [-0.2, -0.15) is 20.1 Å². The average Bonchev–Trinajstić information content (AvgIpc) is 2.79. The van der Waals surface area contributed by atoms with Gasteiger partial charge in [0.2, 0.25) is 17.8 Å². The van der Waals surface area contributed by atoms with Crippen molar-refractivity contribution >= 4 is 23.6 Å². The quantitative estimate of drug-likeness (QED) is 0.612. The molecule has 0 saturated carbocycles. The van der Waals surface area contributed by atoms with Gasteiger partial charge < -0.3 is 9.80 Å². The minimum Gasteiger partial charge on any atom is -0.341 e. The number of anilines is 3. The molecule has 0 atom stereocenters. The predicted octanol–water partition coefficient (Wildman–Crippen LogP) is 4.00. The smallest absolute Gasteiger partial charge is 0.250 e. The van der Waals surface area contributed by atoms with Crippen LogP contribution >= 0.6 is 0 Å². The van der Waals surface area contributed by atoms with Crippen molar-refractivity contribution in [2.45, 2.75) is 52.4 Å². The van der Waals surface area contributed by atoms with Gasteiger partial charge in [0.25, 0.3) is 0 Å². The second kappa shape index (κ2) is 9.20. The maximum atomic E-state index is 4.82. The first-order valence-corrected chi connectivity index (χ1v) is 10.8. The summed E-state index contributed by atoms with van der Waals surface area (Å²) in [5, 5.41) is 4.54. The number of hydrazone groups is 1. The molecule has 2 saturated heterocycles. The molecule has 7 heteroatoms. The molecule has 0 spiro atoms. The molecular formula is C22H31N7. The molecule has 0 radical (unpaired) electrons. The van der Waals surface area contributed by atoms with Crippen LogP contribution < -0.4 is 15.2 Å². The maximum absolute atomic E-state index is 4.82. The van der Waals surface area contributed by atoms with Crippen molar-refractivity contribution in [2.24, 2.45) is 5.10 Å². The molecule has 29 heavy (non-hydrogen) atoms. The molecule has 2 aliphatic heterocycles. The molecule has 3 heterocycles. The highest BCUT2D eigenvalue weighted by molar-refractivity contribution is 5.99. The molecule has 0 amide bonds. The van der Waals surface area contributed by atoms with Gasteiger partial charge in [0, 0.05) is 26.2 Å². The average molecular weight is 394 g/mol. The molecule has 0 unspecified atom stereocenters. The largest absolute Gasteiger partial charge is 0.341 e. The lowest BCUT2D eigenvalue weighted by Gasteiger charge is -2.30. The van der Waals surface area contributed by atoms with E-state index in [0.717, 1.165) is 49.4 Å². The van der Waals surface area contributed by atoms with Crippen molar-refractivity contribution < 1.29 is 0 Å². The summed E-state index contributed by atoms with van der Waals surface area (Å²) in [5.41, 5.74) is 6.32. The summed E-state index contributed by atoms with van der Waals surface area (Å²) in [6.45, 7) is 8.12. The molecule has 2 aliphatic rings. The van der Waals surface area contributed by atoms with E-state index in [1.165, 1.54) is 44.1 Å². The summed E-state index contributed by atoms with van der Waals surface area (Å²) in [5.74, 6) is 2.06. The fourth-order valence-corrected chi connectivity index (χ4v) is 3.87. The number of nitrogens with zero attached hydrogens (tertiary/aromatic N) is 6. The Morgan fingerprint density at radius 2 is 1.31 bits per heavy atom. The van der Waals surface area contributed by atoms with E-state index in [4.69, 9.17) is 15.0 Å². The Kier molecular flexibility index (Phi) is 6.22. The van der Waals surface area contributed by atoms with E-state index in [1.54, 1.807) is 0 Å². The minimum atomic E-state index is 0.521. The summed E-state index contributed by atoms with van der Waals surface area (Å²) >= 11 is 0. The number of aryl methyl sites for hydroxylation is 1. The van der Waals surface area contributed by atoms with Gasteiger partial charge in [-0.3, -0.25) is 0 Å². The van der Waals surface area contributed by atoms with E-state index in [2.05, 4.69) is 51.5 Å². The van der Waals surface area contributed by atoms with Gasteiger partial charge >= 0.3 is 0 Å². The van der Waals surface area contributed by atoms with Crippen molar-refractivity contribution in [3.8, 4) is 0 Å². The molecule has 0 bridgehead atoms. The highest BCUT2D eigenvalue weighted by Gasteiger charge is 2.20. The first-order valence-electron chi connectivity index (χ1n) is 10.8. The molecule has 1 aromatic heterocycles. The Balaban J connectivity index is 1.58. The number of rotatable bonds is 5. The van der Waals surface area contributed by atoms with Crippen molar-refractivity contribution in [3.63, 3.8) is 0 Å². The zero-order valence-electron chi connectivity index (χ0n) is 17.6. The predicted molar refractivity (Wildman–Crippen MR) is 119 cm³/mol. The molecule has 1 aromatic carbocycles. The van der Waals surface area contributed by atoms with Crippen LogP contribution in [0.4, 0.5) is 17.8 Å². The van der Waals surface area contributed by atoms with Crippen molar-refractivity contribution in [2.75, 3.05) is 41.4 Å². The van der Waals surface area contributed by atoms with Gasteiger partial charge in [-0.25, -0.2) is 5.43 Å². The van der Waals surface area contributed by atoms with E-state index in [1.807, 2.05) is 6.92 Å². The summed E-state index contributed by atoms with van der Waals surface area (Å²) in [6.07, 6.45) is 7.34. The topological polar surface area (TPSA) is 69.5 Å². The monoisotopic (exact) mass is 393 g/mol. The van der Waals surface area contributed by atoms with E-state index in [0.29, 0.717) is 5.95 Å². The Morgan fingerprint density at radius 1 is 0.793 bits per heavy atom. The number of hydrogen-bond donors (Lipinski definition) is 1. The second-order valence-corrected chi connectivity index (χ2v) is 8.03. The number of piperidine rings is 2. The summed E-state index contributed by atoms with van der Waals surface area (Å²) in [7, 11) is 0. The van der Waals surface area contributed by atoms with Crippen LogP contribution in [0.3, 0.4) is 0 Å². The molecule has 0 aliphatic carbocycles.